The van der Waals surface area contributed by atoms with E-state index >= 15 is 0 Å². The monoisotopic (exact) mass is 648 g/mol. The van der Waals surface area contributed by atoms with E-state index in [1.165, 1.54) is 36.1 Å². The van der Waals surface area contributed by atoms with Gasteiger partial charge in [0.05, 0.1) is 13.2 Å². The number of aromatic hydroxyl groups is 1. The van der Waals surface area contributed by atoms with E-state index in [0.717, 1.165) is 94.5 Å². The highest BCUT2D eigenvalue weighted by Crippen LogP contribution is 2.66. The third-order valence-corrected chi connectivity index (χ3v) is 12.5. The highest BCUT2D eigenvalue weighted by Gasteiger charge is 2.67. The summed E-state index contributed by atoms with van der Waals surface area (Å²) >= 11 is 0. The van der Waals surface area contributed by atoms with Crippen LogP contribution in [0, 0.1) is 11.8 Å². The number of aryl methyl sites for hydroxylation is 2. The van der Waals surface area contributed by atoms with Gasteiger partial charge < -0.3 is 19.5 Å². The van der Waals surface area contributed by atoms with Crippen molar-refractivity contribution in [2.45, 2.75) is 107 Å². The maximum absolute atomic E-state index is 14.4. The largest absolute Gasteiger partial charge is 0.508 e. The molecular formula is C42H52N2O4. The van der Waals surface area contributed by atoms with Crippen molar-refractivity contribution in [3.05, 3.63) is 89.0 Å². The van der Waals surface area contributed by atoms with Crippen LogP contribution >= 0.6 is 0 Å². The van der Waals surface area contributed by atoms with Gasteiger partial charge in [-0.25, -0.2) is 0 Å². The molecule has 2 saturated carbocycles. The van der Waals surface area contributed by atoms with Crippen LogP contribution in [0.5, 0.6) is 17.2 Å². The summed E-state index contributed by atoms with van der Waals surface area (Å²) in [7, 11) is 1.68. The van der Waals surface area contributed by atoms with Crippen LogP contribution in [0.25, 0.3) is 0 Å². The molecule has 1 amide bonds. The fraction of sp³-hybridized carbons (Fsp3) is 0.548. The molecule has 8 rings (SSSR count). The van der Waals surface area contributed by atoms with E-state index in [4.69, 9.17) is 9.47 Å². The standard InChI is InChI=1S/C42H52N2O4/c1-47-37-27-36(45)32-26-35-33-21-22-34(41-42(33,39(32)40(37)48-41)23-25-43(35)28-31-19-20-31)44(24-11-17-30-15-7-3-8-16-30)38(46)18-10-4-9-14-29-12-5-2-6-13-29/h2-3,5-8,12-13,15-16,27,31,33-35,41,45H,4,9-11,14,17-26,28H2,1H3/t33-,34-,35+,41-,42-/m0/s1. The number of rotatable bonds is 14. The summed E-state index contributed by atoms with van der Waals surface area (Å²) in [6, 6.07) is 23.5. The number of phenolic OH excluding ortho intramolecular Hbond substituents is 1. The zero-order valence-electron chi connectivity index (χ0n) is 28.6. The molecule has 48 heavy (non-hydrogen) atoms. The predicted molar refractivity (Wildman–Crippen MR) is 189 cm³/mol. The molecule has 0 aromatic heterocycles. The van der Waals surface area contributed by atoms with Gasteiger partial charge in [0.15, 0.2) is 11.5 Å². The van der Waals surface area contributed by atoms with Crippen molar-refractivity contribution >= 4 is 5.91 Å². The van der Waals surface area contributed by atoms with Crippen molar-refractivity contribution in [3.8, 4) is 17.2 Å². The number of benzene rings is 3. The van der Waals surface area contributed by atoms with Crippen LogP contribution in [0.15, 0.2) is 66.7 Å². The molecule has 0 unspecified atom stereocenters. The molecule has 0 radical (unpaired) electrons. The molecule has 6 nitrogen and oxygen atoms in total. The van der Waals surface area contributed by atoms with E-state index < -0.39 is 0 Å². The van der Waals surface area contributed by atoms with Crippen LogP contribution in [0.1, 0.15) is 86.5 Å². The number of methoxy groups -OCH3 is 1. The van der Waals surface area contributed by atoms with E-state index in [1.54, 1.807) is 13.2 Å². The Hall–Kier alpha value is -3.51. The first kappa shape index (κ1) is 31.7. The second-order valence-corrected chi connectivity index (χ2v) is 15.3. The molecule has 1 N–H and O–H groups in total. The third kappa shape index (κ3) is 5.78. The summed E-state index contributed by atoms with van der Waals surface area (Å²) in [5, 5.41) is 11.4. The van der Waals surface area contributed by atoms with Crippen molar-refractivity contribution in [1.82, 2.24) is 9.80 Å². The molecule has 3 aliphatic carbocycles. The SMILES string of the molecule is COc1cc(O)c2c3c1O[C@H]1[C@@H](N(CCCc4ccccc4)C(=O)CCCCCc4ccccc4)CC[C@H]4[C@@H](C2)N(CC2CC2)CC[C@@]341. The summed E-state index contributed by atoms with van der Waals surface area (Å²) in [5.74, 6) is 3.38. The molecule has 3 aromatic carbocycles. The van der Waals surface area contributed by atoms with Crippen molar-refractivity contribution < 1.29 is 19.4 Å². The average molecular weight is 649 g/mol. The summed E-state index contributed by atoms with van der Waals surface area (Å²) in [6.45, 7) is 2.98. The van der Waals surface area contributed by atoms with Gasteiger partial charge in [0, 0.05) is 48.2 Å². The Labute approximate surface area is 286 Å². The van der Waals surface area contributed by atoms with Crippen LogP contribution in [-0.4, -0.2) is 65.7 Å². The van der Waals surface area contributed by atoms with Gasteiger partial charge in [0.1, 0.15) is 11.9 Å². The number of hydrogen-bond acceptors (Lipinski definition) is 5. The van der Waals surface area contributed by atoms with Crippen LogP contribution in [0.4, 0.5) is 0 Å². The molecule has 3 aromatic rings. The van der Waals surface area contributed by atoms with Crippen molar-refractivity contribution in [1.29, 1.82) is 0 Å². The molecule has 2 bridgehead atoms. The predicted octanol–water partition coefficient (Wildman–Crippen LogP) is 7.48. The Morgan fingerprint density at radius 2 is 1.69 bits per heavy atom. The van der Waals surface area contributed by atoms with E-state index in [0.29, 0.717) is 29.9 Å². The van der Waals surface area contributed by atoms with Gasteiger partial charge >= 0.3 is 0 Å². The second-order valence-electron chi connectivity index (χ2n) is 15.3. The number of amides is 1. The van der Waals surface area contributed by atoms with Crippen LogP contribution < -0.4 is 9.47 Å². The highest BCUT2D eigenvalue weighted by molar-refractivity contribution is 5.77. The Morgan fingerprint density at radius 3 is 2.40 bits per heavy atom. The zero-order chi connectivity index (χ0) is 32.7. The van der Waals surface area contributed by atoms with Gasteiger partial charge in [-0.3, -0.25) is 9.69 Å². The lowest BCUT2D eigenvalue weighted by molar-refractivity contribution is -0.143. The topological polar surface area (TPSA) is 62.2 Å². The summed E-state index contributed by atoms with van der Waals surface area (Å²) in [6.07, 6.45) is 13.1. The number of carbonyl (C=O) groups excluding carboxylic acids is 1. The number of nitrogens with zero attached hydrogens (tertiary/aromatic N) is 2. The maximum Gasteiger partial charge on any atom is 0.222 e. The first-order valence-electron chi connectivity index (χ1n) is 18.8. The molecule has 6 heteroatoms. The van der Waals surface area contributed by atoms with Gasteiger partial charge in [0.25, 0.3) is 0 Å². The Balaban J connectivity index is 1.06. The minimum atomic E-state index is -0.198. The fourth-order valence-electron chi connectivity index (χ4n) is 10.1. The van der Waals surface area contributed by atoms with E-state index in [1.807, 2.05) is 0 Å². The van der Waals surface area contributed by atoms with Gasteiger partial charge in [-0.15, -0.1) is 0 Å². The van der Waals surface area contributed by atoms with Crippen LogP contribution in [-0.2, 0) is 29.5 Å². The molecule has 3 fully saturated rings. The normalized spacial score (nSPS) is 26.9. The number of piperidine rings is 1. The summed E-state index contributed by atoms with van der Waals surface area (Å²) in [4.78, 5) is 19.4. The quantitative estimate of drug-likeness (QED) is 0.184. The molecular weight excluding hydrogens is 596 g/mol. The van der Waals surface area contributed by atoms with E-state index in [9.17, 15) is 9.90 Å². The first-order valence-corrected chi connectivity index (χ1v) is 18.8. The fourth-order valence-corrected chi connectivity index (χ4v) is 10.1. The maximum atomic E-state index is 14.4. The lowest BCUT2D eigenvalue weighted by Crippen LogP contribution is -2.69. The molecule has 2 heterocycles. The molecule has 2 aliphatic heterocycles. The van der Waals surface area contributed by atoms with Crippen molar-refractivity contribution in [3.63, 3.8) is 0 Å². The number of unbranched alkanes of at least 4 members (excludes halogenated alkanes) is 2. The number of ether oxygens (including phenoxy) is 2. The Kier molecular flexibility index (Phi) is 8.87. The molecule has 1 spiro atoms. The third-order valence-electron chi connectivity index (χ3n) is 12.5. The number of phenols is 1. The average Bonchev–Trinajstić information content (AvgIpc) is 3.87. The Morgan fingerprint density at radius 1 is 0.958 bits per heavy atom. The zero-order valence-corrected chi connectivity index (χ0v) is 28.6. The number of carbonyl (C=O) groups is 1. The smallest absolute Gasteiger partial charge is 0.222 e. The van der Waals surface area contributed by atoms with Crippen LogP contribution in [0.3, 0.4) is 0 Å². The lowest BCUT2D eigenvalue weighted by atomic mass is 9.50. The van der Waals surface area contributed by atoms with Crippen LogP contribution in [0.2, 0.25) is 0 Å². The molecule has 254 valence electrons. The number of likely N-dealkylation sites (tertiary alicyclic amines) is 1. The van der Waals surface area contributed by atoms with E-state index in [-0.39, 0.29) is 23.5 Å². The minimum absolute atomic E-state index is 0.00896. The first-order chi connectivity index (χ1) is 23.6. The van der Waals surface area contributed by atoms with Gasteiger partial charge in [-0.2, -0.15) is 0 Å². The highest BCUT2D eigenvalue weighted by atomic mass is 16.5. The molecule has 5 aliphatic rings. The van der Waals surface area contributed by atoms with E-state index in [2.05, 4.69) is 70.5 Å². The molecule has 1 saturated heterocycles. The second kappa shape index (κ2) is 13.4. The van der Waals surface area contributed by atoms with Gasteiger partial charge in [-0.05, 0) is 100 Å². The lowest BCUT2D eigenvalue weighted by Gasteiger charge is -2.60. The Bertz CT molecular complexity index is 1590. The van der Waals surface area contributed by atoms with Gasteiger partial charge in [-0.1, -0.05) is 67.1 Å². The molecule has 5 atom stereocenters. The van der Waals surface area contributed by atoms with Crippen molar-refractivity contribution in [2.75, 3.05) is 26.7 Å². The number of hydrogen-bond donors (Lipinski definition) is 1. The summed E-state index contributed by atoms with van der Waals surface area (Å²) < 4.78 is 13.0. The summed E-state index contributed by atoms with van der Waals surface area (Å²) in [5.41, 5.74) is 4.77. The van der Waals surface area contributed by atoms with Crippen molar-refractivity contribution in [2.24, 2.45) is 11.8 Å². The minimum Gasteiger partial charge on any atom is -0.508 e. The van der Waals surface area contributed by atoms with Gasteiger partial charge in [0.2, 0.25) is 5.91 Å².